The second-order valence-corrected chi connectivity index (χ2v) is 9.21. The summed E-state index contributed by atoms with van der Waals surface area (Å²) in [5.41, 5.74) is 11.8. The van der Waals surface area contributed by atoms with Crippen LogP contribution in [0.5, 0.6) is 0 Å². The van der Waals surface area contributed by atoms with Gasteiger partial charge in [0.1, 0.15) is 6.04 Å². The lowest BCUT2D eigenvalue weighted by atomic mass is 9.83. The van der Waals surface area contributed by atoms with Crippen LogP contribution in [0.25, 0.3) is 10.9 Å². The van der Waals surface area contributed by atoms with E-state index in [1.54, 1.807) is 44.0 Å². The number of hydrogen-bond acceptors (Lipinski definition) is 6. The number of H-pyrrole nitrogens is 1. The van der Waals surface area contributed by atoms with Gasteiger partial charge in [0.15, 0.2) is 5.78 Å². The Hall–Kier alpha value is -3.49. The molecule has 0 saturated carbocycles. The molecule has 2 atom stereocenters. The summed E-state index contributed by atoms with van der Waals surface area (Å²) in [6, 6.07) is 12.0. The van der Waals surface area contributed by atoms with Crippen LogP contribution in [0.1, 0.15) is 66.3 Å². The zero-order valence-corrected chi connectivity index (χ0v) is 19.8. The topological polar surface area (TPSA) is 118 Å². The Morgan fingerprint density at radius 1 is 1.18 bits per heavy atom. The second kappa shape index (κ2) is 9.04. The first-order valence-electron chi connectivity index (χ1n) is 11.3. The first-order chi connectivity index (χ1) is 16.2. The van der Waals surface area contributed by atoms with Gasteiger partial charge in [0.2, 0.25) is 0 Å². The number of nitrogens with two attached hydrogens (primary N) is 1. The summed E-state index contributed by atoms with van der Waals surface area (Å²) in [6.45, 7) is 5.05. The highest BCUT2D eigenvalue weighted by molar-refractivity contribution is 5.92. The molecule has 0 aliphatic carbocycles. The Labute approximate surface area is 198 Å². The standard InChI is InChI=1S/C26H30N4O4/c1-5-22(31)23-17-11-10-15(24(32)34-4)12-16(17)13-21(30(23)29-25(33)26(2,3)27)19-14-28-20-9-7-6-8-18(19)20/h6-12,14,21,23,28H,5,13,27H2,1-4H3,(H,29,33). The first-order valence-corrected chi connectivity index (χ1v) is 11.3. The molecule has 2 heterocycles. The van der Waals surface area contributed by atoms with Crippen LogP contribution in [-0.4, -0.2) is 40.3 Å². The number of fused-ring (bicyclic) bond motifs is 2. The summed E-state index contributed by atoms with van der Waals surface area (Å²) in [5, 5.41) is 2.73. The lowest BCUT2D eigenvalue weighted by molar-refractivity contribution is -0.138. The van der Waals surface area contributed by atoms with E-state index in [0.29, 0.717) is 12.0 Å². The van der Waals surface area contributed by atoms with Gasteiger partial charge in [-0.25, -0.2) is 4.79 Å². The summed E-state index contributed by atoms with van der Waals surface area (Å²) >= 11 is 0. The van der Waals surface area contributed by atoms with Crippen LogP contribution in [0.15, 0.2) is 48.7 Å². The smallest absolute Gasteiger partial charge is 0.337 e. The number of methoxy groups -OCH3 is 1. The molecule has 8 heteroatoms. The van der Waals surface area contributed by atoms with Crippen LogP contribution in [0.4, 0.5) is 0 Å². The SMILES string of the molecule is CCC(=O)C1c2ccc(C(=O)OC)cc2CC(c2c[nH]c3ccccc23)N1NC(=O)C(C)(C)N. The second-order valence-electron chi connectivity index (χ2n) is 9.21. The molecule has 1 aromatic heterocycles. The number of benzene rings is 2. The third-order valence-electron chi connectivity index (χ3n) is 6.34. The summed E-state index contributed by atoms with van der Waals surface area (Å²) in [7, 11) is 1.34. The Bertz CT molecular complexity index is 1260. The zero-order valence-electron chi connectivity index (χ0n) is 19.8. The number of esters is 1. The number of aromatic amines is 1. The number of amides is 1. The molecule has 2 unspecified atom stereocenters. The van der Waals surface area contributed by atoms with E-state index in [1.165, 1.54) is 7.11 Å². The minimum absolute atomic E-state index is 0.0493. The number of ketones is 1. The molecular formula is C26H30N4O4. The predicted molar refractivity (Wildman–Crippen MR) is 129 cm³/mol. The third kappa shape index (κ3) is 4.22. The molecule has 34 heavy (non-hydrogen) atoms. The molecule has 8 nitrogen and oxygen atoms in total. The average Bonchev–Trinajstić information content (AvgIpc) is 3.25. The number of rotatable bonds is 6. The van der Waals surface area contributed by atoms with E-state index in [4.69, 9.17) is 10.5 Å². The van der Waals surface area contributed by atoms with E-state index >= 15 is 0 Å². The van der Waals surface area contributed by atoms with Gasteiger partial charge in [-0.3, -0.25) is 15.0 Å². The van der Waals surface area contributed by atoms with Crippen molar-refractivity contribution in [2.75, 3.05) is 7.11 Å². The highest BCUT2D eigenvalue weighted by atomic mass is 16.5. The number of carbonyl (C=O) groups excluding carboxylic acids is 3. The Balaban J connectivity index is 1.90. The van der Waals surface area contributed by atoms with Gasteiger partial charge >= 0.3 is 5.97 Å². The Morgan fingerprint density at radius 2 is 1.91 bits per heavy atom. The maximum absolute atomic E-state index is 13.3. The van der Waals surface area contributed by atoms with Gasteiger partial charge in [-0.2, -0.15) is 5.01 Å². The molecule has 4 rings (SSSR count). The van der Waals surface area contributed by atoms with Crippen molar-refractivity contribution in [2.45, 2.75) is 51.2 Å². The molecule has 0 spiro atoms. The number of para-hydroxylation sites is 1. The number of nitrogens with one attached hydrogen (secondary N) is 2. The molecule has 0 bridgehead atoms. The van der Waals surface area contributed by atoms with Gasteiger partial charge in [-0.05, 0) is 55.2 Å². The van der Waals surface area contributed by atoms with Crippen LogP contribution in [0.2, 0.25) is 0 Å². The molecule has 0 radical (unpaired) electrons. The molecule has 0 saturated heterocycles. The molecule has 4 N–H and O–H groups in total. The van der Waals surface area contributed by atoms with E-state index in [9.17, 15) is 14.4 Å². The molecule has 2 aromatic carbocycles. The fourth-order valence-corrected chi connectivity index (χ4v) is 4.49. The number of hydrazine groups is 1. The summed E-state index contributed by atoms with van der Waals surface area (Å²) in [4.78, 5) is 41.8. The highest BCUT2D eigenvalue weighted by Crippen LogP contribution is 2.42. The third-order valence-corrected chi connectivity index (χ3v) is 6.34. The summed E-state index contributed by atoms with van der Waals surface area (Å²) < 4.78 is 4.90. The fourth-order valence-electron chi connectivity index (χ4n) is 4.49. The van der Waals surface area contributed by atoms with E-state index < -0.39 is 17.6 Å². The molecular weight excluding hydrogens is 432 g/mol. The van der Waals surface area contributed by atoms with Crippen molar-refractivity contribution < 1.29 is 19.1 Å². The minimum Gasteiger partial charge on any atom is -0.465 e. The predicted octanol–water partition coefficient (Wildman–Crippen LogP) is 3.34. The summed E-state index contributed by atoms with van der Waals surface area (Å²) in [6.07, 6.45) is 2.66. The lowest BCUT2D eigenvalue weighted by Crippen LogP contribution is -2.58. The highest BCUT2D eigenvalue weighted by Gasteiger charge is 2.42. The maximum atomic E-state index is 13.3. The van der Waals surface area contributed by atoms with Gasteiger partial charge in [-0.1, -0.05) is 31.2 Å². The van der Waals surface area contributed by atoms with Crippen molar-refractivity contribution >= 4 is 28.6 Å². The molecule has 1 aliphatic rings. The molecule has 0 fully saturated rings. The largest absolute Gasteiger partial charge is 0.465 e. The Morgan fingerprint density at radius 3 is 2.59 bits per heavy atom. The van der Waals surface area contributed by atoms with Crippen molar-refractivity contribution in [3.63, 3.8) is 0 Å². The summed E-state index contributed by atoms with van der Waals surface area (Å²) in [5.74, 6) is -0.877. The van der Waals surface area contributed by atoms with Crippen LogP contribution in [-0.2, 0) is 20.7 Å². The van der Waals surface area contributed by atoms with E-state index in [1.807, 2.05) is 30.5 Å². The van der Waals surface area contributed by atoms with Gasteiger partial charge in [-0.15, -0.1) is 0 Å². The quantitative estimate of drug-likeness (QED) is 0.484. The van der Waals surface area contributed by atoms with Crippen molar-refractivity contribution in [3.05, 3.63) is 70.9 Å². The molecule has 3 aromatic rings. The van der Waals surface area contributed by atoms with Crippen LogP contribution in [0.3, 0.4) is 0 Å². The maximum Gasteiger partial charge on any atom is 0.337 e. The van der Waals surface area contributed by atoms with Crippen molar-refractivity contribution in [3.8, 4) is 0 Å². The molecule has 1 aliphatic heterocycles. The van der Waals surface area contributed by atoms with Crippen molar-refractivity contribution in [1.82, 2.24) is 15.4 Å². The fraction of sp³-hybridized carbons (Fsp3) is 0.346. The number of Topliss-reactive ketones (excluding diaryl/α,β-unsaturated/α-hetero) is 1. The monoisotopic (exact) mass is 462 g/mol. The minimum atomic E-state index is -1.14. The molecule has 1 amide bonds. The molecule has 178 valence electrons. The van der Waals surface area contributed by atoms with E-state index in [0.717, 1.165) is 27.6 Å². The van der Waals surface area contributed by atoms with Gasteiger partial charge < -0.3 is 15.5 Å². The van der Waals surface area contributed by atoms with Crippen molar-refractivity contribution in [2.24, 2.45) is 5.73 Å². The number of aromatic nitrogens is 1. The normalized spacial score (nSPS) is 18.4. The van der Waals surface area contributed by atoms with Crippen LogP contribution < -0.4 is 11.2 Å². The van der Waals surface area contributed by atoms with Gasteiger partial charge in [0, 0.05) is 23.5 Å². The Kier molecular flexibility index (Phi) is 6.29. The number of carbonyl (C=O) groups is 3. The number of nitrogens with zero attached hydrogens (tertiary/aromatic N) is 1. The number of ether oxygens (including phenoxy) is 1. The van der Waals surface area contributed by atoms with E-state index in [2.05, 4.69) is 10.4 Å². The lowest BCUT2D eigenvalue weighted by Gasteiger charge is -2.43. The van der Waals surface area contributed by atoms with Crippen molar-refractivity contribution in [1.29, 1.82) is 0 Å². The van der Waals surface area contributed by atoms with Crippen LogP contribution >= 0.6 is 0 Å². The number of hydrogen-bond donors (Lipinski definition) is 3. The first kappa shape index (κ1) is 23.7. The average molecular weight is 463 g/mol. The van der Waals surface area contributed by atoms with Crippen LogP contribution in [0, 0.1) is 0 Å². The van der Waals surface area contributed by atoms with Gasteiger partial charge in [0.25, 0.3) is 5.91 Å². The zero-order chi connectivity index (χ0) is 24.6. The van der Waals surface area contributed by atoms with E-state index in [-0.39, 0.29) is 24.2 Å². The van der Waals surface area contributed by atoms with Gasteiger partial charge in [0.05, 0.1) is 24.3 Å².